The Morgan fingerprint density at radius 1 is 1.32 bits per heavy atom. The molecule has 0 saturated heterocycles. The Morgan fingerprint density at radius 3 is 2.95 bits per heavy atom. The third-order valence-corrected chi connectivity index (χ3v) is 3.29. The summed E-state index contributed by atoms with van der Waals surface area (Å²) in [6.45, 7) is 0.876. The van der Waals surface area contributed by atoms with Crippen molar-refractivity contribution in [2.45, 2.75) is 19.6 Å². The molecule has 0 radical (unpaired) electrons. The fraction of sp³-hybridized carbons (Fsp3) is 0.286. The number of nitrogens with zero attached hydrogens (tertiary/aromatic N) is 4. The number of aromatic nitrogens is 4. The Bertz CT molecular complexity index is 698. The first kappa shape index (κ1) is 11.9. The molecule has 0 aliphatic carbocycles. The van der Waals surface area contributed by atoms with Crippen LogP contribution in [0, 0.1) is 0 Å². The number of hydrogen-bond donors (Lipinski definition) is 1. The van der Waals surface area contributed by atoms with Crippen LogP contribution in [-0.2, 0) is 26.6 Å². The molecule has 0 aliphatic heterocycles. The predicted molar refractivity (Wildman–Crippen MR) is 72.6 cm³/mol. The van der Waals surface area contributed by atoms with Crippen LogP contribution in [0.25, 0.3) is 11.0 Å². The molecule has 3 heterocycles. The van der Waals surface area contributed by atoms with Gasteiger partial charge in [0, 0.05) is 43.1 Å². The van der Waals surface area contributed by atoms with Gasteiger partial charge in [0.1, 0.15) is 5.65 Å². The maximum Gasteiger partial charge on any atom is 0.140 e. The third kappa shape index (κ3) is 2.24. The van der Waals surface area contributed by atoms with Gasteiger partial charge in [-0.2, -0.15) is 5.10 Å². The molecule has 3 aromatic rings. The zero-order valence-electron chi connectivity index (χ0n) is 10.8. The highest BCUT2D eigenvalue weighted by atomic mass is 16.3. The lowest BCUT2D eigenvalue weighted by Gasteiger charge is -2.02. The molecule has 0 amide bonds. The fourth-order valence-corrected chi connectivity index (χ4v) is 2.34. The predicted octanol–water partition coefficient (Wildman–Crippen LogP) is 1.50. The van der Waals surface area contributed by atoms with E-state index in [4.69, 9.17) is 0 Å². The zero-order chi connectivity index (χ0) is 13.2. The number of rotatable bonds is 4. The van der Waals surface area contributed by atoms with E-state index in [1.54, 1.807) is 10.9 Å². The first-order valence-corrected chi connectivity index (χ1v) is 6.29. The normalized spacial score (nSPS) is 11.3. The average molecular weight is 256 g/mol. The van der Waals surface area contributed by atoms with Gasteiger partial charge >= 0.3 is 0 Å². The molecule has 0 unspecified atom stereocenters. The Morgan fingerprint density at radius 2 is 2.21 bits per heavy atom. The van der Waals surface area contributed by atoms with Gasteiger partial charge in [0.2, 0.25) is 0 Å². The topological polar surface area (TPSA) is 55.9 Å². The molecule has 3 rings (SSSR count). The molecule has 0 aliphatic rings. The SMILES string of the molecule is Cn1cc(CCn2cc(CO)c3cccnc32)cn1. The fourth-order valence-electron chi connectivity index (χ4n) is 2.34. The summed E-state index contributed by atoms with van der Waals surface area (Å²) in [5, 5.41) is 14.6. The monoisotopic (exact) mass is 256 g/mol. The Balaban J connectivity index is 1.88. The van der Waals surface area contributed by atoms with Gasteiger partial charge < -0.3 is 9.67 Å². The van der Waals surface area contributed by atoms with Crippen LogP contribution in [0.15, 0.2) is 36.9 Å². The summed E-state index contributed by atoms with van der Waals surface area (Å²) in [7, 11) is 1.92. The summed E-state index contributed by atoms with van der Waals surface area (Å²) in [4.78, 5) is 4.40. The van der Waals surface area contributed by atoms with Crippen molar-refractivity contribution in [3.63, 3.8) is 0 Å². The summed E-state index contributed by atoms with van der Waals surface area (Å²) in [5.41, 5.74) is 3.05. The second-order valence-corrected chi connectivity index (χ2v) is 4.65. The van der Waals surface area contributed by atoms with Gasteiger partial charge in [-0.3, -0.25) is 4.68 Å². The maximum absolute atomic E-state index is 9.38. The molecule has 0 atom stereocenters. The van der Waals surface area contributed by atoms with Crippen LogP contribution in [0.3, 0.4) is 0 Å². The molecule has 0 bridgehead atoms. The molecular formula is C14H16N4O. The molecule has 0 spiro atoms. The number of aliphatic hydroxyl groups excluding tert-OH is 1. The molecule has 3 aromatic heterocycles. The van der Waals surface area contributed by atoms with Crippen LogP contribution < -0.4 is 0 Å². The highest BCUT2D eigenvalue weighted by Crippen LogP contribution is 2.19. The number of fused-ring (bicyclic) bond motifs is 1. The largest absolute Gasteiger partial charge is 0.392 e. The van der Waals surface area contributed by atoms with E-state index in [2.05, 4.69) is 14.6 Å². The van der Waals surface area contributed by atoms with Gasteiger partial charge in [0.05, 0.1) is 12.8 Å². The summed E-state index contributed by atoms with van der Waals surface area (Å²) in [6.07, 6.45) is 8.56. The number of aliphatic hydroxyl groups is 1. The molecule has 19 heavy (non-hydrogen) atoms. The molecule has 0 saturated carbocycles. The van der Waals surface area contributed by atoms with Crippen molar-refractivity contribution >= 4 is 11.0 Å². The van der Waals surface area contributed by atoms with E-state index in [1.807, 2.05) is 37.8 Å². The molecule has 5 heteroatoms. The summed E-state index contributed by atoms with van der Waals surface area (Å²) < 4.78 is 3.90. The van der Waals surface area contributed by atoms with Crippen molar-refractivity contribution in [1.82, 2.24) is 19.3 Å². The molecule has 5 nitrogen and oxygen atoms in total. The summed E-state index contributed by atoms with van der Waals surface area (Å²) >= 11 is 0. The molecule has 1 N–H and O–H groups in total. The lowest BCUT2D eigenvalue weighted by atomic mass is 10.2. The van der Waals surface area contributed by atoms with Crippen molar-refractivity contribution in [3.05, 3.63) is 48.0 Å². The third-order valence-electron chi connectivity index (χ3n) is 3.29. The van der Waals surface area contributed by atoms with Gasteiger partial charge in [-0.05, 0) is 24.1 Å². The number of hydrogen-bond acceptors (Lipinski definition) is 3. The van der Waals surface area contributed by atoms with E-state index in [0.29, 0.717) is 0 Å². The highest BCUT2D eigenvalue weighted by molar-refractivity contribution is 5.80. The second kappa shape index (κ2) is 4.85. The van der Waals surface area contributed by atoms with Gasteiger partial charge in [-0.1, -0.05) is 0 Å². The van der Waals surface area contributed by atoms with Crippen LogP contribution in [0.5, 0.6) is 0 Å². The van der Waals surface area contributed by atoms with E-state index in [1.165, 1.54) is 5.56 Å². The number of aryl methyl sites for hydroxylation is 3. The van der Waals surface area contributed by atoms with E-state index >= 15 is 0 Å². The first-order valence-electron chi connectivity index (χ1n) is 6.29. The minimum Gasteiger partial charge on any atom is -0.392 e. The first-order chi connectivity index (χ1) is 9.28. The minimum atomic E-state index is 0.0437. The maximum atomic E-state index is 9.38. The van der Waals surface area contributed by atoms with Gasteiger partial charge in [-0.25, -0.2) is 4.98 Å². The Kier molecular flexibility index (Phi) is 3.05. The van der Waals surface area contributed by atoms with Crippen LogP contribution in [0.2, 0.25) is 0 Å². The smallest absolute Gasteiger partial charge is 0.140 e. The van der Waals surface area contributed by atoms with E-state index in [9.17, 15) is 5.11 Å². The standard InChI is InChI=1S/C14H16N4O/c1-17-8-11(7-16-17)4-6-18-9-12(10-19)13-3-2-5-15-14(13)18/h2-3,5,7-9,19H,4,6,10H2,1H3. The van der Waals surface area contributed by atoms with Crippen LogP contribution in [0.1, 0.15) is 11.1 Å². The van der Waals surface area contributed by atoms with Crippen molar-refractivity contribution in [2.24, 2.45) is 7.05 Å². The Labute approximate surface area is 111 Å². The second-order valence-electron chi connectivity index (χ2n) is 4.65. The molecular weight excluding hydrogens is 240 g/mol. The lowest BCUT2D eigenvalue weighted by Crippen LogP contribution is -2.00. The van der Waals surface area contributed by atoms with Crippen molar-refractivity contribution in [2.75, 3.05) is 0 Å². The van der Waals surface area contributed by atoms with Crippen LogP contribution >= 0.6 is 0 Å². The molecule has 0 aromatic carbocycles. The minimum absolute atomic E-state index is 0.0437. The molecule has 98 valence electrons. The van der Waals surface area contributed by atoms with E-state index < -0.39 is 0 Å². The van der Waals surface area contributed by atoms with Crippen LogP contribution in [0.4, 0.5) is 0 Å². The van der Waals surface area contributed by atoms with Gasteiger partial charge in [-0.15, -0.1) is 0 Å². The average Bonchev–Trinajstić information content (AvgIpc) is 3.00. The Hall–Kier alpha value is -2.14. The molecule has 0 fully saturated rings. The van der Waals surface area contributed by atoms with Crippen molar-refractivity contribution in [1.29, 1.82) is 0 Å². The van der Waals surface area contributed by atoms with Gasteiger partial charge in [0.15, 0.2) is 0 Å². The van der Waals surface area contributed by atoms with Crippen molar-refractivity contribution in [3.8, 4) is 0 Å². The van der Waals surface area contributed by atoms with Crippen molar-refractivity contribution < 1.29 is 5.11 Å². The number of pyridine rings is 1. The lowest BCUT2D eigenvalue weighted by molar-refractivity contribution is 0.283. The summed E-state index contributed by atoms with van der Waals surface area (Å²) in [5.74, 6) is 0. The van der Waals surface area contributed by atoms with Crippen LogP contribution in [-0.4, -0.2) is 24.4 Å². The quantitative estimate of drug-likeness (QED) is 0.769. The van der Waals surface area contributed by atoms with E-state index in [0.717, 1.165) is 29.6 Å². The van der Waals surface area contributed by atoms with E-state index in [-0.39, 0.29) is 6.61 Å². The summed E-state index contributed by atoms with van der Waals surface area (Å²) in [6, 6.07) is 3.89. The zero-order valence-corrected chi connectivity index (χ0v) is 10.8. The highest BCUT2D eigenvalue weighted by Gasteiger charge is 2.08. The van der Waals surface area contributed by atoms with Gasteiger partial charge in [0.25, 0.3) is 0 Å².